The lowest BCUT2D eigenvalue weighted by atomic mass is 9.80. The fraction of sp³-hybridized carbons (Fsp3) is 0.326. The van der Waals surface area contributed by atoms with E-state index in [1.54, 1.807) is 4.90 Å². The lowest BCUT2D eigenvalue weighted by molar-refractivity contribution is -0.0649. The number of carbonyl (C=O) groups is 1. The first-order valence-electron chi connectivity index (χ1n) is 18.4. The molecule has 5 aromatic rings. The van der Waals surface area contributed by atoms with Crippen LogP contribution in [-0.2, 0) is 32.9 Å². The first kappa shape index (κ1) is 37.0. The maximum absolute atomic E-state index is 13.9. The highest BCUT2D eigenvalue weighted by Gasteiger charge is 2.50. The molecular formula is C46H52N2O4. The van der Waals surface area contributed by atoms with Gasteiger partial charge in [0.25, 0.3) is 0 Å². The summed E-state index contributed by atoms with van der Waals surface area (Å²) < 4.78 is 19.8. The maximum Gasteiger partial charge on any atom is 0.412 e. The van der Waals surface area contributed by atoms with Crippen molar-refractivity contribution in [2.75, 3.05) is 13.2 Å². The molecule has 52 heavy (non-hydrogen) atoms. The molecule has 270 valence electrons. The van der Waals surface area contributed by atoms with Gasteiger partial charge in [0.05, 0.1) is 18.8 Å². The van der Waals surface area contributed by atoms with Crippen molar-refractivity contribution in [1.29, 1.82) is 0 Å². The molecule has 1 amide bonds. The summed E-state index contributed by atoms with van der Waals surface area (Å²) in [5.74, 6) is 0. The van der Waals surface area contributed by atoms with Gasteiger partial charge in [0.1, 0.15) is 17.4 Å². The number of rotatable bonds is 14. The van der Waals surface area contributed by atoms with Gasteiger partial charge in [-0.15, -0.1) is 0 Å². The second-order valence-electron chi connectivity index (χ2n) is 14.9. The van der Waals surface area contributed by atoms with Gasteiger partial charge >= 0.3 is 6.09 Å². The summed E-state index contributed by atoms with van der Waals surface area (Å²) in [6.45, 7) is 12.1. The number of hydrogen-bond acceptors (Lipinski definition) is 5. The third-order valence-corrected chi connectivity index (χ3v) is 10.0. The standard InChI is InChI=1S/C46H52N2O4/c1-36(52-43(49)48-44(2,3)35-51-45(48,4)5)31-42(47(32-37-21-11-6-12-22-37)33-38-23-13-7-14-24-38)34-50-46(39-25-15-8-16-26-39,40-27-17-9-18-28-40)41-29-19-10-20-30-41/h6-30,36,42H,31-35H2,1-5H3/t36-,42-/m0/s1. The normalized spacial score (nSPS) is 16.4. The van der Waals surface area contributed by atoms with Gasteiger partial charge in [-0.1, -0.05) is 152 Å². The number of amides is 1. The molecule has 1 saturated heterocycles. The van der Waals surface area contributed by atoms with Crippen LogP contribution in [0.1, 0.15) is 68.9 Å². The monoisotopic (exact) mass is 696 g/mol. The van der Waals surface area contributed by atoms with Gasteiger partial charge in [-0.2, -0.15) is 0 Å². The highest BCUT2D eigenvalue weighted by atomic mass is 16.6. The fourth-order valence-electron chi connectivity index (χ4n) is 7.60. The van der Waals surface area contributed by atoms with E-state index in [4.69, 9.17) is 14.2 Å². The SMILES string of the molecule is C[C@@H](C[C@@H](COC(c1ccccc1)(c1ccccc1)c1ccccc1)N(Cc1ccccc1)Cc1ccccc1)OC(=O)N1C(C)(C)COC1(C)C. The summed E-state index contributed by atoms with van der Waals surface area (Å²) in [6.07, 6.45) is -0.235. The van der Waals surface area contributed by atoms with Crippen LogP contribution in [0.2, 0.25) is 0 Å². The summed E-state index contributed by atoms with van der Waals surface area (Å²) >= 11 is 0. The third kappa shape index (κ3) is 8.47. The van der Waals surface area contributed by atoms with Crippen molar-refractivity contribution >= 4 is 6.09 Å². The predicted octanol–water partition coefficient (Wildman–Crippen LogP) is 9.83. The summed E-state index contributed by atoms with van der Waals surface area (Å²) in [4.78, 5) is 18.1. The van der Waals surface area contributed by atoms with E-state index in [2.05, 4.69) is 126 Å². The van der Waals surface area contributed by atoms with Crippen LogP contribution in [0.5, 0.6) is 0 Å². The molecule has 0 saturated carbocycles. The van der Waals surface area contributed by atoms with Crippen molar-refractivity contribution < 1.29 is 19.0 Å². The Labute approximate surface area is 310 Å². The highest BCUT2D eigenvalue weighted by molar-refractivity contribution is 5.70. The van der Waals surface area contributed by atoms with Crippen LogP contribution < -0.4 is 0 Å². The predicted molar refractivity (Wildman–Crippen MR) is 208 cm³/mol. The van der Waals surface area contributed by atoms with E-state index in [0.717, 1.165) is 16.7 Å². The minimum Gasteiger partial charge on any atom is -0.446 e. The van der Waals surface area contributed by atoms with Crippen molar-refractivity contribution in [2.24, 2.45) is 0 Å². The van der Waals surface area contributed by atoms with Crippen LogP contribution in [0.15, 0.2) is 152 Å². The molecule has 1 heterocycles. The molecule has 6 heteroatoms. The molecule has 0 radical (unpaired) electrons. The van der Waals surface area contributed by atoms with Crippen LogP contribution >= 0.6 is 0 Å². The molecule has 1 fully saturated rings. The molecule has 0 bridgehead atoms. The third-order valence-electron chi connectivity index (χ3n) is 10.0. The second-order valence-corrected chi connectivity index (χ2v) is 14.9. The molecule has 6 nitrogen and oxygen atoms in total. The first-order chi connectivity index (χ1) is 25.1. The van der Waals surface area contributed by atoms with E-state index in [0.29, 0.717) is 32.7 Å². The Bertz CT molecular complexity index is 1680. The van der Waals surface area contributed by atoms with Crippen molar-refractivity contribution in [1.82, 2.24) is 9.80 Å². The molecule has 6 rings (SSSR count). The summed E-state index contributed by atoms with van der Waals surface area (Å²) in [6, 6.07) is 52.4. The number of carbonyl (C=O) groups excluding carboxylic acids is 1. The number of nitrogens with zero attached hydrogens (tertiary/aromatic N) is 2. The molecular weight excluding hydrogens is 645 g/mol. The lowest BCUT2D eigenvalue weighted by Crippen LogP contribution is -2.53. The average molecular weight is 697 g/mol. The Morgan fingerprint density at radius 1 is 0.692 bits per heavy atom. The highest BCUT2D eigenvalue weighted by Crippen LogP contribution is 2.41. The zero-order valence-corrected chi connectivity index (χ0v) is 31.2. The van der Waals surface area contributed by atoms with Gasteiger partial charge in [0, 0.05) is 25.6 Å². The van der Waals surface area contributed by atoms with Gasteiger partial charge in [0.15, 0.2) is 0 Å². The smallest absolute Gasteiger partial charge is 0.412 e. The van der Waals surface area contributed by atoms with E-state index in [9.17, 15) is 4.79 Å². The van der Waals surface area contributed by atoms with E-state index < -0.39 is 23.0 Å². The molecule has 0 aliphatic carbocycles. The van der Waals surface area contributed by atoms with Crippen molar-refractivity contribution in [2.45, 2.75) is 83.1 Å². The van der Waals surface area contributed by atoms with E-state index in [1.165, 1.54) is 11.1 Å². The van der Waals surface area contributed by atoms with Crippen molar-refractivity contribution in [3.63, 3.8) is 0 Å². The Kier molecular flexibility index (Phi) is 11.6. The van der Waals surface area contributed by atoms with Crippen LogP contribution in [0.4, 0.5) is 4.79 Å². The Balaban J connectivity index is 1.40. The molecule has 0 N–H and O–H groups in total. The minimum atomic E-state index is -0.895. The number of ether oxygens (including phenoxy) is 3. The maximum atomic E-state index is 13.9. The molecule has 1 aliphatic rings. The van der Waals surface area contributed by atoms with Crippen LogP contribution in [0.3, 0.4) is 0 Å². The largest absolute Gasteiger partial charge is 0.446 e. The molecule has 2 atom stereocenters. The number of benzene rings is 5. The van der Waals surface area contributed by atoms with Crippen LogP contribution in [0, 0.1) is 0 Å². The quantitative estimate of drug-likeness (QED) is 0.108. The lowest BCUT2D eigenvalue weighted by Gasteiger charge is -2.40. The van der Waals surface area contributed by atoms with Crippen molar-refractivity contribution in [3.8, 4) is 0 Å². The zero-order valence-electron chi connectivity index (χ0n) is 31.2. The second kappa shape index (κ2) is 16.3. The molecule has 5 aromatic carbocycles. The van der Waals surface area contributed by atoms with E-state index in [1.807, 2.05) is 65.0 Å². The van der Waals surface area contributed by atoms with Gasteiger partial charge in [-0.3, -0.25) is 9.80 Å². The van der Waals surface area contributed by atoms with Gasteiger partial charge in [-0.05, 0) is 62.4 Å². The van der Waals surface area contributed by atoms with Crippen LogP contribution in [0.25, 0.3) is 0 Å². The van der Waals surface area contributed by atoms with Gasteiger partial charge in [0.2, 0.25) is 0 Å². The topological polar surface area (TPSA) is 51.2 Å². The fourth-order valence-corrected chi connectivity index (χ4v) is 7.60. The first-order valence-corrected chi connectivity index (χ1v) is 18.4. The van der Waals surface area contributed by atoms with Gasteiger partial charge < -0.3 is 14.2 Å². The Morgan fingerprint density at radius 2 is 1.10 bits per heavy atom. The average Bonchev–Trinajstić information content (AvgIpc) is 3.39. The Hall–Kier alpha value is -4.75. The van der Waals surface area contributed by atoms with E-state index >= 15 is 0 Å². The molecule has 1 aliphatic heterocycles. The minimum absolute atomic E-state index is 0.144. The number of hydrogen-bond donors (Lipinski definition) is 0. The van der Waals surface area contributed by atoms with Crippen molar-refractivity contribution in [3.05, 3.63) is 179 Å². The Morgan fingerprint density at radius 3 is 1.48 bits per heavy atom. The molecule has 0 spiro atoms. The summed E-state index contributed by atoms with van der Waals surface area (Å²) in [7, 11) is 0. The molecule has 0 unspecified atom stereocenters. The van der Waals surface area contributed by atoms with Crippen LogP contribution in [-0.4, -0.2) is 52.5 Å². The van der Waals surface area contributed by atoms with Gasteiger partial charge in [-0.25, -0.2) is 4.79 Å². The van der Waals surface area contributed by atoms with E-state index in [-0.39, 0.29) is 12.1 Å². The molecule has 0 aromatic heterocycles. The summed E-state index contributed by atoms with van der Waals surface area (Å²) in [5, 5.41) is 0. The summed E-state index contributed by atoms with van der Waals surface area (Å²) in [5.41, 5.74) is 3.38. The zero-order chi connectivity index (χ0) is 36.6.